The van der Waals surface area contributed by atoms with E-state index in [1.807, 2.05) is 6.08 Å². The molecule has 92 valence electrons. The molecule has 0 amide bonds. The molecule has 0 aromatic carbocycles. The number of hydrogen-bond acceptors (Lipinski definition) is 3. The van der Waals surface area contributed by atoms with Gasteiger partial charge in [-0.2, -0.15) is 0 Å². The van der Waals surface area contributed by atoms with Crippen molar-refractivity contribution in [1.82, 2.24) is 4.90 Å². The van der Waals surface area contributed by atoms with Gasteiger partial charge in [-0.15, -0.1) is 0 Å². The van der Waals surface area contributed by atoms with Crippen LogP contribution in [-0.2, 0) is 9.53 Å². The largest absolute Gasteiger partial charge is 0.359 e. The first kappa shape index (κ1) is 11.0. The Kier molecular flexibility index (Phi) is 2.58. The molecule has 0 N–H and O–H groups in total. The summed E-state index contributed by atoms with van der Waals surface area (Å²) in [6.45, 7) is 3.44. The van der Waals surface area contributed by atoms with Crippen molar-refractivity contribution >= 4 is 5.78 Å². The molecule has 17 heavy (non-hydrogen) atoms. The Balaban J connectivity index is 1.96. The molecule has 2 aliphatic heterocycles. The SMILES string of the molecule is C[C@]12COCN1C(C1=CCCCC1)=CC(=O)C2. The Morgan fingerprint density at radius 3 is 3.06 bits per heavy atom. The smallest absolute Gasteiger partial charge is 0.160 e. The molecule has 3 aliphatic rings. The lowest BCUT2D eigenvalue weighted by atomic mass is 9.86. The van der Waals surface area contributed by atoms with E-state index in [0.717, 1.165) is 18.5 Å². The molecule has 0 saturated carbocycles. The van der Waals surface area contributed by atoms with Crippen molar-refractivity contribution in [2.24, 2.45) is 0 Å². The van der Waals surface area contributed by atoms with Gasteiger partial charge in [0.1, 0.15) is 6.73 Å². The minimum Gasteiger partial charge on any atom is -0.359 e. The van der Waals surface area contributed by atoms with E-state index < -0.39 is 0 Å². The van der Waals surface area contributed by atoms with Crippen LogP contribution in [0.1, 0.15) is 39.0 Å². The Labute approximate surface area is 102 Å². The van der Waals surface area contributed by atoms with Crippen molar-refractivity contribution in [2.45, 2.75) is 44.6 Å². The van der Waals surface area contributed by atoms with Gasteiger partial charge in [0, 0.05) is 18.2 Å². The minimum atomic E-state index is -0.112. The van der Waals surface area contributed by atoms with Crippen LogP contribution in [0.3, 0.4) is 0 Å². The zero-order chi connectivity index (χ0) is 11.9. The van der Waals surface area contributed by atoms with Crippen LogP contribution in [0, 0.1) is 0 Å². The highest BCUT2D eigenvalue weighted by atomic mass is 16.5. The number of hydrogen-bond donors (Lipinski definition) is 0. The van der Waals surface area contributed by atoms with Gasteiger partial charge in [0.15, 0.2) is 5.78 Å². The van der Waals surface area contributed by atoms with Crippen molar-refractivity contribution in [2.75, 3.05) is 13.3 Å². The first-order valence-electron chi connectivity index (χ1n) is 6.48. The summed E-state index contributed by atoms with van der Waals surface area (Å²) in [5, 5.41) is 0. The first-order chi connectivity index (χ1) is 8.19. The maximum absolute atomic E-state index is 11.9. The monoisotopic (exact) mass is 233 g/mol. The van der Waals surface area contributed by atoms with Gasteiger partial charge in [0.2, 0.25) is 0 Å². The summed E-state index contributed by atoms with van der Waals surface area (Å²) in [4.78, 5) is 14.2. The molecule has 0 radical (unpaired) electrons. The Hall–Kier alpha value is -1.09. The quantitative estimate of drug-likeness (QED) is 0.696. The topological polar surface area (TPSA) is 29.5 Å². The summed E-state index contributed by atoms with van der Waals surface area (Å²) in [7, 11) is 0. The number of allylic oxidation sites excluding steroid dienone is 3. The highest BCUT2D eigenvalue weighted by Gasteiger charge is 2.43. The third kappa shape index (κ3) is 1.82. The molecule has 0 aromatic rings. The fourth-order valence-corrected chi connectivity index (χ4v) is 3.09. The molecule has 0 bridgehead atoms. The molecule has 1 aliphatic carbocycles. The predicted octanol–water partition coefficient (Wildman–Crippen LogP) is 2.39. The molecule has 1 atom stereocenters. The number of rotatable bonds is 1. The van der Waals surface area contributed by atoms with Crippen molar-refractivity contribution in [3.05, 3.63) is 23.4 Å². The van der Waals surface area contributed by atoms with Crippen LogP contribution >= 0.6 is 0 Å². The van der Waals surface area contributed by atoms with Gasteiger partial charge >= 0.3 is 0 Å². The maximum atomic E-state index is 11.9. The number of ketones is 1. The third-order valence-corrected chi connectivity index (χ3v) is 4.05. The lowest BCUT2D eigenvalue weighted by molar-refractivity contribution is -0.117. The molecule has 0 unspecified atom stereocenters. The van der Waals surface area contributed by atoms with E-state index in [1.165, 1.54) is 18.4 Å². The zero-order valence-corrected chi connectivity index (χ0v) is 10.4. The number of carbonyl (C=O) groups excluding carboxylic acids is 1. The lowest BCUT2D eigenvalue weighted by Crippen LogP contribution is -2.47. The Bertz CT molecular complexity index is 410. The average molecular weight is 233 g/mol. The van der Waals surface area contributed by atoms with Crippen molar-refractivity contribution < 1.29 is 9.53 Å². The van der Waals surface area contributed by atoms with Crippen molar-refractivity contribution in [3.63, 3.8) is 0 Å². The van der Waals surface area contributed by atoms with E-state index in [-0.39, 0.29) is 11.3 Å². The van der Waals surface area contributed by atoms with Crippen LogP contribution in [0.15, 0.2) is 23.4 Å². The highest BCUT2D eigenvalue weighted by Crippen LogP contribution is 2.38. The van der Waals surface area contributed by atoms with E-state index in [9.17, 15) is 4.79 Å². The van der Waals surface area contributed by atoms with Gasteiger partial charge in [-0.3, -0.25) is 4.79 Å². The predicted molar refractivity (Wildman–Crippen MR) is 65.3 cm³/mol. The molecule has 3 heteroatoms. The molecular formula is C14H19NO2. The van der Waals surface area contributed by atoms with Crippen LogP contribution in [0.4, 0.5) is 0 Å². The van der Waals surface area contributed by atoms with Crippen LogP contribution < -0.4 is 0 Å². The van der Waals surface area contributed by atoms with E-state index in [2.05, 4.69) is 17.9 Å². The lowest BCUT2D eigenvalue weighted by Gasteiger charge is -2.40. The van der Waals surface area contributed by atoms with Gasteiger partial charge in [0.25, 0.3) is 0 Å². The fraction of sp³-hybridized carbons (Fsp3) is 0.643. The van der Waals surface area contributed by atoms with Crippen molar-refractivity contribution in [1.29, 1.82) is 0 Å². The van der Waals surface area contributed by atoms with Gasteiger partial charge in [0.05, 0.1) is 12.1 Å². The second kappa shape index (κ2) is 3.98. The van der Waals surface area contributed by atoms with Crippen molar-refractivity contribution in [3.8, 4) is 0 Å². The second-order valence-corrected chi connectivity index (χ2v) is 5.55. The van der Waals surface area contributed by atoms with Crippen LogP contribution in [-0.4, -0.2) is 29.6 Å². The zero-order valence-electron chi connectivity index (χ0n) is 10.4. The Morgan fingerprint density at radius 2 is 2.29 bits per heavy atom. The summed E-state index contributed by atoms with van der Waals surface area (Å²) in [6, 6.07) is 0. The van der Waals surface area contributed by atoms with Crippen LogP contribution in [0.2, 0.25) is 0 Å². The van der Waals surface area contributed by atoms with E-state index in [1.54, 1.807) is 0 Å². The van der Waals surface area contributed by atoms with Gasteiger partial charge in [-0.25, -0.2) is 0 Å². The van der Waals surface area contributed by atoms with Gasteiger partial charge < -0.3 is 9.64 Å². The second-order valence-electron chi connectivity index (χ2n) is 5.55. The Morgan fingerprint density at radius 1 is 1.41 bits per heavy atom. The molecule has 1 saturated heterocycles. The normalized spacial score (nSPS) is 33.2. The standard InChI is InChI=1S/C14H19NO2/c1-14-8-12(16)7-13(15(14)10-17-9-14)11-5-3-2-4-6-11/h5,7H,2-4,6,8-10H2,1H3/t14-/m0/s1. The number of carbonyl (C=O) groups is 1. The number of fused-ring (bicyclic) bond motifs is 1. The molecular weight excluding hydrogens is 214 g/mol. The number of ether oxygens (including phenoxy) is 1. The van der Waals surface area contributed by atoms with Crippen LogP contribution in [0.5, 0.6) is 0 Å². The average Bonchev–Trinajstić information content (AvgIpc) is 2.70. The van der Waals surface area contributed by atoms with E-state index in [4.69, 9.17) is 4.74 Å². The molecule has 1 fully saturated rings. The molecule has 0 spiro atoms. The highest BCUT2D eigenvalue weighted by molar-refractivity contribution is 5.93. The fourth-order valence-electron chi connectivity index (χ4n) is 3.09. The van der Waals surface area contributed by atoms with E-state index in [0.29, 0.717) is 19.8 Å². The molecule has 3 nitrogen and oxygen atoms in total. The summed E-state index contributed by atoms with van der Waals surface area (Å²) < 4.78 is 5.57. The molecule has 0 aromatic heterocycles. The summed E-state index contributed by atoms with van der Waals surface area (Å²) in [5.74, 6) is 0.246. The summed E-state index contributed by atoms with van der Waals surface area (Å²) in [5.41, 5.74) is 2.36. The van der Waals surface area contributed by atoms with Gasteiger partial charge in [-0.1, -0.05) is 6.08 Å². The minimum absolute atomic E-state index is 0.112. The third-order valence-electron chi connectivity index (χ3n) is 4.05. The van der Waals surface area contributed by atoms with Crippen LogP contribution in [0.25, 0.3) is 0 Å². The maximum Gasteiger partial charge on any atom is 0.160 e. The number of nitrogens with zero attached hydrogens (tertiary/aromatic N) is 1. The first-order valence-corrected chi connectivity index (χ1v) is 6.48. The summed E-state index contributed by atoms with van der Waals surface area (Å²) >= 11 is 0. The molecule has 2 heterocycles. The summed E-state index contributed by atoms with van der Waals surface area (Å²) in [6.07, 6.45) is 9.48. The van der Waals surface area contributed by atoms with E-state index >= 15 is 0 Å². The molecule has 3 rings (SSSR count). The van der Waals surface area contributed by atoms with Gasteiger partial charge in [-0.05, 0) is 38.2 Å².